The predicted molar refractivity (Wildman–Crippen MR) is 126 cm³/mol. The van der Waals surface area contributed by atoms with Crippen molar-refractivity contribution in [1.82, 2.24) is 4.90 Å². The molecular weight excluding hydrogens is 474 g/mol. The maximum absolute atomic E-state index is 12.7. The lowest BCUT2D eigenvalue weighted by Crippen LogP contribution is -2.27. The fourth-order valence-corrected chi connectivity index (χ4v) is 4.08. The minimum absolute atomic E-state index is 0.0121. The van der Waals surface area contributed by atoms with Crippen molar-refractivity contribution < 1.29 is 38.2 Å². The molecule has 1 saturated heterocycles. The lowest BCUT2D eigenvalue weighted by molar-refractivity contribution is -0.123. The Morgan fingerprint density at radius 3 is 2.57 bits per heavy atom. The number of aromatic carboxylic acids is 1. The first kappa shape index (κ1) is 23.8. The summed E-state index contributed by atoms with van der Waals surface area (Å²) in [6, 6.07) is 16.3. The summed E-state index contributed by atoms with van der Waals surface area (Å²) in [6.45, 7) is 0.0959. The number of rotatable bonds is 8. The molecule has 2 amide bonds. The zero-order valence-corrected chi connectivity index (χ0v) is 19.2. The Morgan fingerprint density at radius 1 is 1.09 bits per heavy atom. The van der Waals surface area contributed by atoms with Crippen molar-refractivity contribution in [3.8, 4) is 5.75 Å². The number of hydrogen-bond acceptors (Lipinski definition) is 8. The van der Waals surface area contributed by atoms with Gasteiger partial charge in [-0.2, -0.15) is 0 Å². The summed E-state index contributed by atoms with van der Waals surface area (Å²) in [4.78, 5) is 49.0. The first-order chi connectivity index (χ1) is 16.8. The monoisotopic (exact) mass is 493 g/mol. The summed E-state index contributed by atoms with van der Waals surface area (Å²) in [5.41, 5.74) is 1.60. The number of esters is 1. The fraction of sp³-hybridized carbons (Fsp3) is 0.120. The van der Waals surface area contributed by atoms with Crippen molar-refractivity contribution in [2.75, 3.05) is 7.11 Å². The van der Waals surface area contributed by atoms with Gasteiger partial charge < -0.3 is 19.0 Å². The van der Waals surface area contributed by atoms with Crippen LogP contribution in [0.5, 0.6) is 5.75 Å². The molecule has 10 heteroatoms. The van der Waals surface area contributed by atoms with Crippen LogP contribution in [-0.2, 0) is 22.7 Å². The smallest absolute Gasteiger partial charge is 0.373 e. The average molecular weight is 493 g/mol. The highest BCUT2D eigenvalue weighted by molar-refractivity contribution is 8.18. The summed E-state index contributed by atoms with van der Waals surface area (Å²) >= 11 is 0.815. The summed E-state index contributed by atoms with van der Waals surface area (Å²) < 4.78 is 15.6. The molecule has 0 saturated carbocycles. The lowest BCUT2D eigenvalue weighted by Gasteiger charge is -2.10. The van der Waals surface area contributed by atoms with Crippen molar-refractivity contribution in [2.24, 2.45) is 0 Å². The van der Waals surface area contributed by atoms with Crippen LogP contribution in [0, 0.1) is 0 Å². The van der Waals surface area contributed by atoms with Gasteiger partial charge in [0.05, 0.1) is 24.1 Å². The van der Waals surface area contributed by atoms with Crippen LogP contribution < -0.4 is 4.74 Å². The van der Waals surface area contributed by atoms with Crippen molar-refractivity contribution in [3.05, 3.63) is 93.8 Å². The Hall–Kier alpha value is -4.31. The number of hydrogen-bond donors (Lipinski definition) is 1. The van der Waals surface area contributed by atoms with Gasteiger partial charge in [0.25, 0.3) is 11.1 Å². The van der Waals surface area contributed by atoms with Gasteiger partial charge in [0.2, 0.25) is 5.76 Å². The molecule has 1 aliphatic rings. The van der Waals surface area contributed by atoms with Gasteiger partial charge in [0.15, 0.2) is 0 Å². The molecule has 9 nitrogen and oxygen atoms in total. The number of carboxylic acids is 1. The molecule has 0 unspecified atom stereocenters. The van der Waals surface area contributed by atoms with Gasteiger partial charge in [-0.15, -0.1) is 0 Å². The van der Waals surface area contributed by atoms with Crippen LogP contribution in [0.1, 0.15) is 37.8 Å². The molecule has 1 aromatic heterocycles. The van der Waals surface area contributed by atoms with E-state index in [1.807, 2.05) is 0 Å². The lowest BCUT2D eigenvalue weighted by atomic mass is 10.1. The Balaban J connectivity index is 1.38. The van der Waals surface area contributed by atoms with Gasteiger partial charge in [-0.05, 0) is 65.4 Å². The molecule has 0 radical (unpaired) electrons. The van der Waals surface area contributed by atoms with Gasteiger partial charge in [0, 0.05) is 0 Å². The number of nitrogens with zero attached hydrogens (tertiary/aromatic N) is 1. The average Bonchev–Trinajstić information content (AvgIpc) is 3.43. The van der Waals surface area contributed by atoms with E-state index in [0.717, 1.165) is 22.2 Å². The van der Waals surface area contributed by atoms with E-state index >= 15 is 0 Å². The predicted octanol–water partition coefficient (Wildman–Crippen LogP) is 4.58. The summed E-state index contributed by atoms with van der Waals surface area (Å²) in [5.74, 6) is -1.28. The van der Waals surface area contributed by atoms with Crippen LogP contribution in [0.4, 0.5) is 4.79 Å². The van der Waals surface area contributed by atoms with Crippen molar-refractivity contribution in [1.29, 1.82) is 0 Å². The van der Waals surface area contributed by atoms with Gasteiger partial charge >= 0.3 is 11.9 Å². The summed E-state index contributed by atoms with van der Waals surface area (Å²) in [7, 11) is 1.23. The number of thioether (sulfide) groups is 1. The van der Waals surface area contributed by atoms with Gasteiger partial charge in [-0.25, -0.2) is 9.59 Å². The zero-order valence-electron chi connectivity index (χ0n) is 18.4. The molecule has 178 valence electrons. The van der Waals surface area contributed by atoms with E-state index in [1.54, 1.807) is 48.5 Å². The minimum atomic E-state index is -1.00. The van der Waals surface area contributed by atoms with E-state index in [0.29, 0.717) is 11.3 Å². The normalized spacial score (nSPS) is 14.4. The van der Waals surface area contributed by atoms with E-state index in [4.69, 9.17) is 14.3 Å². The molecule has 0 atom stereocenters. The third kappa shape index (κ3) is 5.61. The second-order valence-electron chi connectivity index (χ2n) is 7.39. The molecular formula is C25H19NO8S. The molecule has 1 aliphatic heterocycles. The molecule has 2 aromatic carbocycles. The Kier molecular flexibility index (Phi) is 7.02. The van der Waals surface area contributed by atoms with Crippen LogP contribution in [0.25, 0.3) is 6.08 Å². The Labute approximate surface area is 203 Å². The van der Waals surface area contributed by atoms with E-state index in [2.05, 4.69) is 4.74 Å². The van der Waals surface area contributed by atoms with Crippen molar-refractivity contribution in [2.45, 2.75) is 13.2 Å². The minimum Gasteiger partial charge on any atom is -0.489 e. The fourth-order valence-electron chi connectivity index (χ4n) is 3.24. The molecule has 1 N–H and O–H groups in total. The van der Waals surface area contributed by atoms with E-state index in [9.17, 15) is 19.2 Å². The number of amides is 2. The maximum atomic E-state index is 12.7. The summed E-state index contributed by atoms with van der Waals surface area (Å²) in [5, 5.41) is 8.64. The van der Waals surface area contributed by atoms with E-state index in [1.165, 1.54) is 25.3 Å². The first-order valence-corrected chi connectivity index (χ1v) is 11.1. The van der Waals surface area contributed by atoms with E-state index < -0.39 is 23.1 Å². The highest BCUT2D eigenvalue weighted by Gasteiger charge is 2.35. The molecule has 35 heavy (non-hydrogen) atoms. The van der Waals surface area contributed by atoms with Crippen LogP contribution in [0.3, 0.4) is 0 Å². The summed E-state index contributed by atoms with van der Waals surface area (Å²) in [6.07, 6.45) is 1.60. The SMILES string of the molecule is COC(=O)c1ccc(CN2C(=O)S/C(=C/c3ccc(OCc4cccc(C(=O)O)c4)cc3)C2=O)o1. The van der Waals surface area contributed by atoms with Gasteiger partial charge in [-0.3, -0.25) is 14.5 Å². The highest BCUT2D eigenvalue weighted by Crippen LogP contribution is 2.33. The molecule has 0 aliphatic carbocycles. The molecule has 1 fully saturated rings. The topological polar surface area (TPSA) is 123 Å². The first-order valence-electron chi connectivity index (χ1n) is 10.3. The molecule has 2 heterocycles. The molecule has 4 rings (SSSR count). The number of carboxylic acid groups (broad SMARTS) is 1. The van der Waals surface area contributed by atoms with Crippen LogP contribution in [0.15, 0.2) is 70.0 Å². The number of benzene rings is 2. The quantitative estimate of drug-likeness (QED) is 0.355. The van der Waals surface area contributed by atoms with Crippen molar-refractivity contribution >= 4 is 40.9 Å². The second-order valence-corrected chi connectivity index (χ2v) is 8.38. The van der Waals surface area contributed by atoms with Crippen molar-refractivity contribution in [3.63, 3.8) is 0 Å². The van der Waals surface area contributed by atoms with Gasteiger partial charge in [-0.1, -0.05) is 24.3 Å². The standard InChI is InChI=1S/C25H19NO8S/c1-32-24(30)20-10-9-19(34-20)13-26-22(27)21(35-25(26)31)12-15-5-7-18(8-6-15)33-14-16-3-2-4-17(11-16)23(28)29/h2-12H,13-14H2,1H3,(H,28,29)/b21-12+. The zero-order chi connectivity index (χ0) is 24.9. The number of methoxy groups -OCH3 is 1. The largest absolute Gasteiger partial charge is 0.489 e. The molecule has 3 aromatic rings. The number of carbonyl (C=O) groups is 4. The Morgan fingerprint density at radius 2 is 1.86 bits per heavy atom. The van der Waals surface area contributed by atoms with Crippen LogP contribution >= 0.6 is 11.8 Å². The molecule has 0 bridgehead atoms. The van der Waals surface area contributed by atoms with E-state index in [-0.39, 0.29) is 35.1 Å². The third-order valence-electron chi connectivity index (χ3n) is 4.99. The van der Waals surface area contributed by atoms with Gasteiger partial charge in [0.1, 0.15) is 18.1 Å². The number of imide groups is 1. The van der Waals surface area contributed by atoms with Crippen LogP contribution in [-0.4, -0.2) is 40.2 Å². The number of ether oxygens (including phenoxy) is 2. The third-order valence-corrected chi connectivity index (χ3v) is 5.90. The highest BCUT2D eigenvalue weighted by atomic mass is 32.2. The Bertz CT molecular complexity index is 1330. The molecule has 0 spiro atoms. The second kappa shape index (κ2) is 10.3. The maximum Gasteiger partial charge on any atom is 0.373 e. The van der Waals surface area contributed by atoms with Crippen LogP contribution in [0.2, 0.25) is 0 Å². The number of furan rings is 1. The number of carbonyl (C=O) groups excluding carboxylic acids is 3.